The first-order chi connectivity index (χ1) is 6.67. The van der Waals surface area contributed by atoms with Crippen molar-refractivity contribution in [3.8, 4) is 0 Å². The molecule has 1 aromatic rings. The van der Waals surface area contributed by atoms with Gasteiger partial charge in [0.15, 0.2) is 0 Å². The molecule has 0 unspecified atom stereocenters. The van der Waals surface area contributed by atoms with Gasteiger partial charge in [-0.3, -0.25) is 4.79 Å². The molecule has 0 radical (unpaired) electrons. The Morgan fingerprint density at radius 1 is 1.50 bits per heavy atom. The minimum atomic E-state index is -0.721. The van der Waals surface area contributed by atoms with Crippen LogP contribution in [0.4, 0.5) is 0 Å². The average molecular weight is 189 g/mol. The first-order valence-corrected chi connectivity index (χ1v) is 4.66. The van der Waals surface area contributed by atoms with Crippen molar-refractivity contribution >= 4 is 5.91 Å². The number of carbonyl (C=O) groups excluding carboxylic acids is 1. The number of hydrogen-bond donors (Lipinski definition) is 1. The highest BCUT2D eigenvalue weighted by molar-refractivity contribution is 5.88. The van der Waals surface area contributed by atoms with Gasteiger partial charge in [-0.05, 0) is 12.0 Å². The van der Waals surface area contributed by atoms with E-state index in [-0.39, 0.29) is 5.91 Å². The quantitative estimate of drug-likeness (QED) is 0.723. The molecule has 1 atom stereocenters. The molecule has 0 saturated heterocycles. The molecule has 1 amide bonds. The Kier molecular flexibility index (Phi) is 3.07. The maximum atomic E-state index is 11.4. The molecule has 14 heavy (non-hydrogen) atoms. The number of rotatable bonds is 4. The van der Waals surface area contributed by atoms with Crippen molar-refractivity contribution in [1.29, 1.82) is 0 Å². The van der Waals surface area contributed by atoms with Gasteiger partial charge in [-0.2, -0.15) is 0 Å². The minimum Gasteiger partial charge on any atom is -0.369 e. The van der Waals surface area contributed by atoms with Crippen molar-refractivity contribution in [3.05, 3.63) is 48.6 Å². The van der Waals surface area contributed by atoms with E-state index in [1.54, 1.807) is 6.08 Å². The molecule has 0 bridgehead atoms. The summed E-state index contributed by atoms with van der Waals surface area (Å²) < 4.78 is 0. The maximum Gasteiger partial charge on any atom is 0.231 e. The molecule has 1 rings (SSSR count). The van der Waals surface area contributed by atoms with Crippen LogP contribution in [0.2, 0.25) is 0 Å². The molecule has 0 saturated carbocycles. The third-order valence-corrected chi connectivity index (χ3v) is 2.63. The van der Waals surface area contributed by atoms with Crippen LogP contribution in [0.3, 0.4) is 0 Å². The highest BCUT2D eigenvalue weighted by Crippen LogP contribution is 2.28. The van der Waals surface area contributed by atoms with Gasteiger partial charge in [0, 0.05) is 0 Å². The summed E-state index contributed by atoms with van der Waals surface area (Å²) in [4.78, 5) is 11.4. The van der Waals surface area contributed by atoms with Gasteiger partial charge < -0.3 is 5.73 Å². The Balaban J connectivity index is 3.24. The average Bonchev–Trinajstić information content (AvgIpc) is 2.22. The van der Waals surface area contributed by atoms with Crippen molar-refractivity contribution in [2.75, 3.05) is 0 Å². The van der Waals surface area contributed by atoms with E-state index < -0.39 is 5.41 Å². The second kappa shape index (κ2) is 4.09. The molecule has 2 heteroatoms. The predicted molar refractivity (Wildman–Crippen MR) is 57.8 cm³/mol. The smallest absolute Gasteiger partial charge is 0.231 e. The van der Waals surface area contributed by atoms with E-state index in [1.165, 1.54) is 0 Å². The van der Waals surface area contributed by atoms with Crippen LogP contribution in [0.15, 0.2) is 43.0 Å². The standard InChI is InChI=1S/C12H15NO/c1-3-12(4-2,11(13)14)10-8-6-5-7-9-10/h3,5-9H,1,4H2,2H3,(H2,13,14)/t12-/m1/s1. The van der Waals surface area contributed by atoms with Gasteiger partial charge in [0.05, 0.1) is 5.41 Å². The molecule has 0 aliphatic heterocycles. The third kappa shape index (κ3) is 1.55. The van der Waals surface area contributed by atoms with Gasteiger partial charge in [-0.25, -0.2) is 0 Å². The number of amides is 1. The highest BCUT2D eigenvalue weighted by atomic mass is 16.1. The number of nitrogens with two attached hydrogens (primary N) is 1. The lowest BCUT2D eigenvalue weighted by atomic mass is 9.77. The summed E-state index contributed by atoms with van der Waals surface area (Å²) in [6, 6.07) is 9.50. The molecule has 2 nitrogen and oxygen atoms in total. The van der Waals surface area contributed by atoms with Gasteiger partial charge in [0.2, 0.25) is 5.91 Å². The molecule has 0 fully saturated rings. The van der Waals surface area contributed by atoms with Crippen LogP contribution in [0, 0.1) is 0 Å². The Labute approximate surface area is 84.4 Å². The maximum absolute atomic E-state index is 11.4. The normalized spacial score (nSPS) is 14.4. The topological polar surface area (TPSA) is 43.1 Å². The van der Waals surface area contributed by atoms with E-state index in [4.69, 9.17) is 5.73 Å². The lowest BCUT2D eigenvalue weighted by molar-refractivity contribution is -0.122. The molecule has 0 aromatic heterocycles. The molecule has 1 aromatic carbocycles. The number of primary amides is 1. The van der Waals surface area contributed by atoms with E-state index in [0.717, 1.165) is 5.56 Å². The van der Waals surface area contributed by atoms with Gasteiger partial charge in [0.1, 0.15) is 0 Å². The zero-order valence-corrected chi connectivity index (χ0v) is 8.36. The summed E-state index contributed by atoms with van der Waals surface area (Å²) >= 11 is 0. The van der Waals surface area contributed by atoms with Crippen molar-refractivity contribution in [1.82, 2.24) is 0 Å². The SMILES string of the molecule is C=C[C@](CC)(C(N)=O)c1ccccc1. The second-order valence-corrected chi connectivity index (χ2v) is 3.26. The van der Waals surface area contributed by atoms with Gasteiger partial charge in [-0.1, -0.05) is 43.3 Å². The van der Waals surface area contributed by atoms with Crippen molar-refractivity contribution in [2.24, 2.45) is 5.73 Å². The molecule has 0 spiro atoms. The van der Waals surface area contributed by atoms with E-state index in [0.29, 0.717) is 6.42 Å². The zero-order chi connectivity index (χ0) is 10.6. The molecular weight excluding hydrogens is 174 g/mol. The number of hydrogen-bond acceptors (Lipinski definition) is 1. The monoisotopic (exact) mass is 189 g/mol. The van der Waals surface area contributed by atoms with Crippen molar-refractivity contribution in [3.63, 3.8) is 0 Å². The van der Waals surface area contributed by atoms with Crippen LogP contribution >= 0.6 is 0 Å². The van der Waals surface area contributed by atoms with Crippen LogP contribution in [0.25, 0.3) is 0 Å². The first-order valence-electron chi connectivity index (χ1n) is 4.66. The van der Waals surface area contributed by atoms with E-state index in [1.807, 2.05) is 37.3 Å². The molecule has 0 heterocycles. The Morgan fingerprint density at radius 2 is 2.07 bits per heavy atom. The van der Waals surface area contributed by atoms with Gasteiger partial charge in [0.25, 0.3) is 0 Å². The summed E-state index contributed by atoms with van der Waals surface area (Å²) in [5, 5.41) is 0. The Morgan fingerprint density at radius 3 is 2.43 bits per heavy atom. The Bertz CT molecular complexity index is 331. The van der Waals surface area contributed by atoms with E-state index >= 15 is 0 Å². The minimum absolute atomic E-state index is 0.346. The van der Waals surface area contributed by atoms with Crippen LogP contribution < -0.4 is 5.73 Å². The predicted octanol–water partition coefficient (Wildman–Crippen LogP) is 2.01. The molecule has 74 valence electrons. The van der Waals surface area contributed by atoms with Gasteiger partial charge in [-0.15, -0.1) is 6.58 Å². The molecule has 2 N–H and O–H groups in total. The first kappa shape index (κ1) is 10.5. The van der Waals surface area contributed by atoms with Gasteiger partial charge >= 0.3 is 0 Å². The fourth-order valence-corrected chi connectivity index (χ4v) is 1.62. The van der Waals surface area contributed by atoms with Crippen LogP contribution in [-0.4, -0.2) is 5.91 Å². The summed E-state index contributed by atoms with van der Waals surface area (Å²) in [6.07, 6.45) is 2.26. The molecule has 0 aliphatic rings. The molecular formula is C12H15NO. The summed E-state index contributed by atoms with van der Waals surface area (Å²) in [7, 11) is 0. The fourth-order valence-electron chi connectivity index (χ4n) is 1.62. The molecule has 0 aliphatic carbocycles. The lowest BCUT2D eigenvalue weighted by Gasteiger charge is -2.25. The van der Waals surface area contributed by atoms with Crippen LogP contribution in [0.5, 0.6) is 0 Å². The fraction of sp³-hybridized carbons (Fsp3) is 0.250. The third-order valence-electron chi connectivity index (χ3n) is 2.63. The Hall–Kier alpha value is -1.57. The van der Waals surface area contributed by atoms with E-state index in [9.17, 15) is 4.79 Å². The van der Waals surface area contributed by atoms with Crippen LogP contribution in [0.1, 0.15) is 18.9 Å². The zero-order valence-electron chi connectivity index (χ0n) is 8.36. The lowest BCUT2D eigenvalue weighted by Crippen LogP contribution is -2.38. The van der Waals surface area contributed by atoms with Crippen molar-refractivity contribution in [2.45, 2.75) is 18.8 Å². The highest BCUT2D eigenvalue weighted by Gasteiger charge is 2.32. The summed E-state index contributed by atoms with van der Waals surface area (Å²) in [5.74, 6) is -0.346. The van der Waals surface area contributed by atoms with Crippen molar-refractivity contribution < 1.29 is 4.79 Å². The largest absolute Gasteiger partial charge is 0.369 e. The number of benzene rings is 1. The summed E-state index contributed by atoms with van der Waals surface area (Å²) in [6.45, 7) is 5.63. The summed E-state index contributed by atoms with van der Waals surface area (Å²) in [5.41, 5.74) is 5.60. The van der Waals surface area contributed by atoms with E-state index in [2.05, 4.69) is 6.58 Å². The number of carbonyl (C=O) groups is 1. The van der Waals surface area contributed by atoms with Crippen LogP contribution in [-0.2, 0) is 10.2 Å². The second-order valence-electron chi connectivity index (χ2n) is 3.26.